The molecule has 0 saturated carbocycles. The molecule has 2 aromatic rings. The molecule has 1 saturated heterocycles. The molecule has 0 aliphatic carbocycles. The maximum Gasteiger partial charge on any atom is 0.271 e. The van der Waals surface area contributed by atoms with Crippen molar-refractivity contribution in [2.45, 2.75) is 4.90 Å². The van der Waals surface area contributed by atoms with Crippen molar-refractivity contribution in [1.82, 2.24) is 4.90 Å². The number of benzene rings is 2. The fourth-order valence-corrected chi connectivity index (χ4v) is 3.84. The summed E-state index contributed by atoms with van der Waals surface area (Å²) in [5.74, 6) is 0.228. The van der Waals surface area contributed by atoms with Crippen LogP contribution in [-0.4, -0.2) is 54.2 Å². The number of nitro benzene ring substituents is 1. The molecule has 0 atom stereocenters. The number of anilines is 2. The Balaban J connectivity index is 1.52. The number of amides is 1. The lowest BCUT2D eigenvalue weighted by Gasteiger charge is -2.35. The predicted octanol–water partition coefficient (Wildman–Crippen LogP) is 2.97. The Morgan fingerprint density at radius 2 is 1.93 bits per heavy atom. The number of nitrogens with zero attached hydrogens (tertiary/aromatic N) is 4. The van der Waals surface area contributed by atoms with Crippen molar-refractivity contribution in [3.05, 3.63) is 58.6 Å². The van der Waals surface area contributed by atoms with Crippen LogP contribution in [0.2, 0.25) is 0 Å². The van der Waals surface area contributed by atoms with Gasteiger partial charge in [-0.2, -0.15) is 5.26 Å². The molecule has 1 N–H and O–H groups in total. The van der Waals surface area contributed by atoms with Crippen LogP contribution in [0.5, 0.6) is 0 Å². The van der Waals surface area contributed by atoms with E-state index in [4.69, 9.17) is 5.26 Å². The average molecular weight is 411 g/mol. The van der Waals surface area contributed by atoms with Gasteiger partial charge in [0.25, 0.3) is 5.69 Å². The van der Waals surface area contributed by atoms with E-state index >= 15 is 0 Å². The number of rotatable bonds is 7. The van der Waals surface area contributed by atoms with Gasteiger partial charge in [0, 0.05) is 48.9 Å². The van der Waals surface area contributed by atoms with Gasteiger partial charge in [0.05, 0.1) is 29.0 Å². The van der Waals surface area contributed by atoms with Crippen LogP contribution in [-0.2, 0) is 4.79 Å². The van der Waals surface area contributed by atoms with E-state index in [0.29, 0.717) is 37.6 Å². The molecule has 0 radical (unpaired) electrons. The summed E-state index contributed by atoms with van der Waals surface area (Å²) in [6.45, 7) is 3.06. The molecular formula is C20H21N5O3S. The molecule has 2 aromatic carbocycles. The van der Waals surface area contributed by atoms with Gasteiger partial charge in [0.1, 0.15) is 0 Å². The van der Waals surface area contributed by atoms with E-state index in [1.165, 1.54) is 17.8 Å². The Morgan fingerprint density at radius 3 is 2.66 bits per heavy atom. The highest BCUT2D eigenvalue weighted by atomic mass is 32.2. The fraction of sp³-hybridized carbons (Fsp3) is 0.300. The highest BCUT2D eigenvalue weighted by Gasteiger charge is 2.20. The van der Waals surface area contributed by atoms with Crippen molar-refractivity contribution in [2.75, 3.05) is 48.7 Å². The van der Waals surface area contributed by atoms with E-state index in [2.05, 4.69) is 21.2 Å². The van der Waals surface area contributed by atoms with Crippen molar-refractivity contribution in [2.24, 2.45) is 0 Å². The number of carbonyl (C=O) groups excluding carboxylic acids is 1. The van der Waals surface area contributed by atoms with Gasteiger partial charge in [-0.25, -0.2) is 0 Å². The summed E-state index contributed by atoms with van der Waals surface area (Å²) in [6.07, 6.45) is 0. The molecule has 0 unspecified atom stereocenters. The highest BCUT2D eigenvalue weighted by Crippen LogP contribution is 2.26. The number of para-hydroxylation sites is 1. The number of hydrogen-bond acceptors (Lipinski definition) is 7. The van der Waals surface area contributed by atoms with Crippen molar-refractivity contribution in [1.29, 1.82) is 5.26 Å². The second-order valence-corrected chi connectivity index (χ2v) is 7.55. The highest BCUT2D eigenvalue weighted by molar-refractivity contribution is 7.99. The van der Waals surface area contributed by atoms with Gasteiger partial charge in [-0.1, -0.05) is 18.2 Å². The van der Waals surface area contributed by atoms with Crippen LogP contribution in [0.4, 0.5) is 17.1 Å². The lowest BCUT2D eigenvalue weighted by Crippen LogP contribution is -2.48. The molecule has 0 bridgehead atoms. The number of piperazine rings is 1. The Kier molecular flexibility index (Phi) is 7.05. The monoisotopic (exact) mass is 411 g/mol. The van der Waals surface area contributed by atoms with Gasteiger partial charge in [-0.3, -0.25) is 19.8 Å². The van der Waals surface area contributed by atoms with Crippen LogP contribution < -0.4 is 10.2 Å². The second kappa shape index (κ2) is 9.91. The first-order valence-corrected chi connectivity index (χ1v) is 10.2. The Labute approximate surface area is 173 Å². The molecule has 1 amide bonds. The van der Waals surface area contributed by atoms with Crippen molar-refractivity contribution >= 4 is 34.7 Å². The topological polar surface area (TPSA) is 103 Å². The lowest BCUT2D eigenvalue weighted by atomic mass is 10.2. The Bertz CT molecular complexity index is 922. The zero-order valence-electron chi connectivity index (χ0n) is 15.8. The standard InChI is InChI=1S/C20H21N5O3S/c21-8-13-29-19-7-2-1-6-18(19)22-20(26)15-23-9-11-24(12-10-23)16-4-3-5-17(14-16)25(27)28/h1-7,14H,9-13,15H2,(H,22,26). The summed E-state index contributed by atoms with van der Waals surface area (Å²) >= 11 is 1.39. The molecule has 0 spiro atoms. The summed E-state index contributed by atoms with van der Waals surface area (Å²) in [5, 5.41) is 22.6. The molecule has 0 aromatic heterocycles. The molecule has 1 fully saturated rings. The largest absolute Gasteiger partial charge is 0.369 e. The Morgan fingerprint density at radius 1 is 1.17 bits per heavy atom. The van der Waals surface area contributed by atoms with Crippen molar-refractivity contribution in [3.8, 4) is 6.07 Å². The van der Waals surface area contributed by atoms with E-state index in [1.807, 2.05) is 30.3 Å². The van der Waals surface area contributed by atoms with Crippen LogP contribution in [0.15, 0.2) is 53.4 Å². The van der Waals surface area contributed by atoms with Crippen LogP contribution in [0, 0.1) is 21.4 Å². The van der Waals surface area contributed by atoms with Crippen LogP contribution in [0.1, 0.15) is 0 Å². The average Bonchev–Trinajstić information content (AvgIpc) is 2.73. The van der Waals surface area contributed by atoms with Gasteiger partial charge < -0.3 is 10.2 Å². The van der Waals surface area contributed by atoms with Crippen molar-refractivity contribution in [3.63, 3.8) is 0 Å². The van der Waals surface area contributed by atoms with E-state index in [0.717, 1.165) is 10.6 Å². The molecule has 1 aliphatic heterocycles. The first-order valence-electron chi connectivity index (χ1n) is 9.17. The Hall–Kier alpha value is -3.09. The minimum atomic E-state index is -0.392. The summed E-state index contributed by atoms with van der Waals surface area (Å²) in [7, 11) is 0. The molecule has 1 aliphatic rings. The van der Waals surface area contributed by atoms with Crippen molar-refractivity contribution < 1.29 is 9.72 Å². The van der Waals surface area contributed by atoms with Crippen LogP contribution in [0.25, 0.3) is 0 Å². The van der Waals surface area contributed by atoms with E-state index in [1.54, 1.807) is 12.1 Å². The van der Waals surface area contributed by atoms with Gasteiger partial charge in [-0.15, -0.1) is 11.8 Å². The molecule has 8 nitrogen and oxygen atoms in total. The molecule has 29 heavy (non-hydrogen) atoms. The normalized spacial score (nSPS) is 14.2. The minimum absolute atomic E-state index is 0.0808. The molecule has 3 rings (SSSR count). The van der Waals surface area contributed by atoms with Crippen LogP contribution in [0.3, 0.4) is 0 Å². The number of nitriles is 1. The number of thioether (sulfide) groups is 1. The number of hydrogen-bond donors (Lipinski definition) is 1. The van der Waals surface area contributed by atoms with E-state index in [-0.39, 0.29) is 18.1 Å². The molecule has 1 heterocycles. The summed E-state index contributed by atoms with van der Waals surface area (Å²) in [5.41, 5.74) is 1.62. The maximum absolute atomic E-state index is 12.5. The third kappa shape index (κ3) is 5.70. The van der Waals surface area contributed by atoms with E-state index in [9.17, 15) is 14.9 Å². The zero-order chi connectivity index (χ0) is 20.6. The second-order valence-electron chi connectivity index (χ2n) is 6.53. The van der Waals surface area contributed by atoms with Gasteiger partial charge in [-0.05, 0) is 18.2 Å². The fourth-order valence-electron chi connectivity index (χ4n) is 3.17. The number of carbonyl (C=O) groups is 1. The zero-order valence-corrected chi connectivity index (χ0v) is 16.6. The first kappa shape index (κ1) is 20.6. The van der Waals surface area contributed by atoms with E-state index < -0.39 is 4.92 Å². The third-order valence-electron chi connectivity index (χ3n) is 4.60. The van der Waals surface area contributed by atoms with Gasteiger partial charge in [0.2, 0.25) is 5.91 Å². The smallest absolute Gasteiger partial charge is 0.271 e. The number of nitrogens with one attached hydrogen (secondary N) is 1. The van der Waals surface area contributed by atoms with Gasteiger partial charge in [0.15, 0.2) is 0 Å². The lowest BCUT2D eigenvalue weighted by molar-refractivity contribution is -0.384. The molecule has 9 heteroatoms. The third-order valence-corrected chi connectivity index (χ3v) is 5.54. The summed E-state index contributed by atoms with van der Waals surface area (Å²) < 4.78 is 0. The molecule has 150 valence electrons. The summed E-state index contributed by atoms with van der Waals surface area (Å²) in [6, 6.07) is 16.2. The summed E-state index contributed by atoms with van der Waals surface area (Å²) in [4.78, 5) is 28.1. The molecular weight excluding hydrogens is 390 g/mol. The van der Waals surface area contributed by atoms with Crippen LogP contribution >= 0.6 is 11.8 Å². The predicted molar refractivity (Wildman–Crippen MR) is 113 cm³/mol. The number of non-ortho nitro benzene ring substituents is 1. The first-order chi connectivity index (χ1) is 14.1. The van der Waals surface area contributed by atoms with Gasteiger partial charge >= 0.3 is 0 Å². The minimum Gasteiger partial charge on any atom is -0.369 e. The number of nitro groups is 1. The quantitative estimate of drug-likeness (QED) is 0.424. The maximum atomic E-state index is 12.5. The SMILES string of the molecule is N#CCSc1ccccc1NC(=O)CN1CCN(c2cccc([N+](=O)[O-])c2)CC1.